The van der Waals surface area contributed by atoms with Gasteiger partial charge in [-0.15, -0.1) is 10.2 Å². The maximum Gasteiger partial charge on any atom is 0.224 e. The monoisotopic (exact) mass is 1770 g/mol. The molecule has 18 fully saturated rings. The Labute approximate surface area is 759 Å². The first-order valence-electron chi connectivity index (χ1n) is 51.7. The van der Waals surface area contributed by atoms with Crippen LogP contribution in [0.1, 0.15) is 310 Å². The molecule has 0 spiro atoms. The lowest BCUT2D eigenvalue weighted by Gasteiger charge is -2.57. The summed E-state index contributed by atoms with van der Waals surface area (Å²) in [6, 6.07) is 0. The molecule has 20 nitrogen and oxygen atoms in total. The Bertz CT molecular complexity index is 4710. The number of aryl methyl sites for hydroxylation is 2. The van der Waals surface area contributed by atoms with E-state index in [0.717, 1.165) is 207 Å². The minimum Gasteiger partial charge on any atom is -0.390 e. The van der Waals surface area contributed by atoms with Crippen LogP contribution in [-0.2, 0) is 45.4 Å². The van der Waals surface area contributed by atoms with Crippen LogP contribution < -0.4 is 0 Å². The molecule has 128 heavy (non-hydrogen) atoms. The second kappa shape index (κ2) is 35.0. The first-order valence-corrected chi connectivity index (χ1v) is 51.7. The molecule has 0 saturated heterocycles. The van der Waals surface area contributed by atoms with Crippen molar-refractivity contribution in [1.29, 1.82) is 0 Å². The number of ketones is 4. The highest BCUT2D eigenvalue weighted by molar-refractivity contribution is 5.84. The average Bonchev–Trinajstić information content (AvgIpc) is 1.60. The maximum atomic E-state index is 14.4. The van der Waals surface area contributed by atoms with E-state index in [1.165, 1.54) is 68.8 Å². The zero-order chi connectivity index (χ0) is 89.8. The molecule has 4 aromatic heterocycles. The number of hydrogen-bond donors (Lipinski definition) is 4. The summed E-state index contributed by atoms with van der Waals surface area (Å²) in [4.78, 5) is 60.3. The van der Waals surface area contributed by atoms with Gasteiger partial charge in [0, 0.05) is 42.0 Å². The second-order valence-corrected chi connectivity index (χ2v) is 49.5. The third kappa shape index (κ3) is 17.2. The van der Waals surface area contributed by atoms with Crippen molar-refractivity contribution in [3.63, 3.8) is 0 Å². The van der Waals surface area contributed by atoms with Crippen molar-refractivity contribution in [3.05, 3.63) is 59.5 Å². The van der Waals surface area contributed by atoms with Gasteiger partial charge in [0.2, 0.25) is 5.69 Å². The van der Waals surface area contributed by atoms with Crippen LogP contribution >= 0.6 is 0 Å². The number of rotatable bonds is 17. The van der Waals surface area contributed by atoms with Crippen LogP contribution in [0.15, 0.2) is 31.0 Å². The van der Waals surface area contributed by atoms with Gasteiger partial charge in [-0.2, -0.15) is 30.0 Å². The first kappa shape index (κ1) is 91.5. The fourth-order valence-corrected chi connectivity index (χ4v) is 36.3. The fourth-order valence-electron chi connectivity index (χ4n) is 36.3. The number of hydrogen-bond acceptors (Lipinski definition) is 15. The van der Waals surface area contributed by atoms with Gasteiger partial charge in [0.1, 0.15) is 13.1 Å². The van der Waals surface area contributed by atoms with Crippen LogP contribution in [0.5, 0.6) is 0 Å². The van der Waals surface area contributed by atoms with E-state index in [1.807, 2.05) is 51.0 Å². The normalized spacial score (nSPS) is 46.8. The summed E-state index contributed by atoms with van der Waals surface area (Å²) in [6.07, 6.45) is 47.5. The highest BCUT2D eigenvalue weighted by Crippen LogP contribution is 2.73. The molecular weight excluding hydrogens is 1610 g/mol. The molecule has 0 aromatic carbocycles. The van der Waals surface area contributed by atoms with E-state index in [1.54, 1.807) is 22.6 Å². The molecule has 18 aliphatic rings. The van der Waals surface area contributed by atoms with Crippen LogP contribution in [0.2, 0.25) is 0 Å². The summed E-state index contributed by atoms with van der Waals surface area (Å²) in [5, 5.41) is 72.1. The highest BCUT2D eigenvalue weighted by Gasteiger charge is 2.68. The van der Waals surface area contributed by atoms with E-state index in [4.69, 9.17) is 6.57 Å². The molecule has 4 heterocycles. The molecular formula is C105H155F3N12O8. The maximum absolute atomic E-state index is 14.4. The van der Waals surface area contributed by atoms with Gasteiger partial charge in [0.05, 0.1) is 86.4 Å². The van der Waals surface area contributed by atoms with Crippen LogP contribution in [0, 0.1) is 214 Å². The van der Waals surface area contributed by atoms with Crippen molar-refractivity contribution in [3.8, 4) is 0 Å². The number of nitrogens with zero attached hydrogens (tertiary/aromatic N) is 12. The van der Waals surface area contributed by atoms with Gasteiger partial charge < -0.3 is 20.4 Å². The van der Waals surface area contributed by atoms with E-state index in [9.17, 15) is 52.8 Å². The topological polar surface area (TPSA) is 264 Å². The van der Waals surface area contributed by atoms with Gasteiger partial charge in [0.25, 0.3) is 0 Å². The lowest BCUT2D eigenvalue weighted by molar-refractivity contribution is -0.134. The van der Waals surface area contributed by atoms with Gasteiger partial charge in [-0.1, -0.05) is 27.7 Å². The molecule has 36 atom stereocenters. The van der Waals surface area contributed by atoms with Crippen LogP contribution in [0.4, 0.5) is 18.9 Å². The number of carbonyl (C=O) groups is 4. The van der Waals surface area contributed by atoms with Crippen molar-refractivity contribution in [2.45, 2.75) is 355 Å². The Kier molecular flexibility index (Phi) is 25.0. The molecule has 4 aromatic rings. The average molecular weight is 1770 g/mol. The Hall–Kier alpha value is -5.57. The summed E-state index contributed by atoms with van der Waals surface area (Å²) in [5.74, 6) is 15.7. The minimum atomic E-state index is -0.525. The number of Topliss-reactive ketones (excluding diaryl/α,β-unsaturated/α-hetero) is 4. The molecule has 0 unspecified atom stereocenters. The number of aliphatic hydroxyl groups is 4. The zero-order valence-electron chi connectivity index (χ0n) is 79.0. The number of fused-ring (bicyclic) bond motifs is 20. The van der Waals surface area contributed by atoms with Crippen LogP contribution in [0.25, 0.3) is 4.85 Å². The molecule has 0 aliphatic heterocycles. The highest BCUT2D eigenvalue weighted by atomic mass is 19.1. The van der Waals surface area contributed by atoms with Gasteiger partial charge in [-0.05, 0) is 453 Å². The first-order chi connectivity index (χ1) is 61.0. The van der Waals surface area contributed by atoms with Crippen LogP contribution in [0.3, 0.4) is 0 Å². The lowest BCUT2D eigenvalue weighted by atomic mass is 9.48. The Morgan fingerprint density at radius 1 is 0.383 bits per heavy atom. The van der Waals surface area contributed by atoms with Crippen molar-refractivity contribution < 1.29 is 52.8 Å². The molecule has 22 rings (SSSR count). The molecule has 18 aliphatic carbocycles. The number of carbonyl (C=O) groups excluding carboxylic acids is 4. The van der Waals surface area contributed by atoms with E-state index < -0.39 is 22.4 Å². The van der Waals surface area contributed by atoms with E-state index >= 15 is 0 Å². The van der Waals surface area contributed by atoms with Gasteiger partial charge >= 0.3 is 0 Å². The van der Waals surface area contributed by atoms with Gasteiger partial charge in [-0.3, -0.25) is 41.7 Å². The standard InChI is InChI=1S/C28H42N2O2.C27H40FN3O2.C26H36FN3O2.C24H37FN4O2/c1-17-14-29-30(15-17)16-25(31)24-12-23(18-4-5-18)26-22-7-6-19-13-27(2,32)10-8-20(19)21(22)9-11-28(24,26)3;1-26(33)9-7-19-17(12-26)5-6-21-20(19)8-10-27(2)22(11-18(13-28)25(21)27)24(32)15-31-29-14-23(30-31)16-3-4-16;1-25(32)8-6-19-16(11-25)4-5-21-20(19)7-9-26(2)22(10-17(12-27)24(21)26)23(31)15-30-14-18(28-3)13-29-30;1-14-26-28-29(27-14)13-21(30)20-10-16(12-25)22-19-5-4-15-11-23(2,31)8-6-17(15)18(19)7-9-24(20,22)3/h14-15,18-24,26,32H,4-13,16H2,1-3H3;14,16-22,25,33H,3-13,15H2,1-2H3;13-14,16-17,19-22,24,32H,4-12,15H2,1-2H3;15-20,22,31H,4-13H2,1-3H3/t19-,20+,21-,22-,23+,24-,26-,27-,28-;17-,18+,19+,20-,21-,22-,25+,26-,27-;16-,17+,19+,20-,21-,22-,24+,25-,26-;15-,16+,17+,18-,19-,20-,22+,23-,24-/m1111/s1. The predicted molar refractivity (Wildman–Crippen MR) is 481 cm³/mol. The second-order valence-electron chi connectivity index (χ2n) is 49.5. The molecule has 23 heteroatoms. The minimum absolute atomic E-state index is 0.00704. The molecule has 704 valence electrons. The third-order valence-electron chi connectivity index (χ3n) is 41.6. The molecule has 0 radical (unpaired) electrons. The Morgan fingerprint density at radius 2 is 0.734 bits per heavy atom. The number of aromatic nitrogens is 11. The Morgan fingerprint density at radius 3 is 1.09 bits per heavy atom. The van der Waals surface area contributed by atoms with E-state index in [2.05, 4.69) is 75.3 Å². The largest absolute Gasteiger partial charge is 0.390 e. The number of alkyl halides is 3. The SMILES string of the molecule is C[C@@]1(O)CC[C@H]2[C@H](CC[C@@H]3[C@@H]2CC[C@@]2(C)[C@H]3[C@H](CF)C[C@@H]2C(=O)Cn2ncc(C3CC3)n2)C1.Cc1cnn(CC(=O)[C@H]2C[C@@H](C3CC3)[C@H]3[C@@H]4CC[C@@H]5C[C@](C)(O)CC[C@@H]5[C@H]4CC[C@@]32C)c1.Cc1nnn(CC(=O)[C@H]2C[C@@H](CF)[C@H]3[C@@H]4CC[C@@H]5C[C@](C)(O)CC[C@@H]5[C@H]4CC[C@@]32C)n1.[C-]#[N+]c1cnn(CC(=O)[C@H]2C[C@@H](CF)[C@H]3[C@@H]4CC[C@@H]5C[C@](C)(O)CC[C@@H]5[C@H]4CC[C@@]32C)c1. The summed E-state index contributed by atoms with van der Waals surface area (Å²) in [6.45, 7) is 28.3. The quantitative estimate of drug-likeness (QED) is 0.0716. The zero-order valence-corrected chi connectivity index (χ0v) is 79.0. The summed E-state index contributed by atoms with van der Waals surface area (Å²) in [7, 11) is 0. The van der Waals surface area contributed by atoms with E-state index in [-0.39, 0.29) is 126 Å². The molecule has 0 bridgehead atoms. The molecule has 4 N–H and O–H groups in total. The van der Waals surface area contributed by atoms with Crippen LogP contribution in [-0.4, -0.2) is 141 Å². The van der Waals surface area contributed by atoms with Crippen molar-refractivity contribution in [1.82, 2.24) is 54.8 Å². The molecule has 18 saturated carbocycles. The third-order valence-corrected chi connectivity index (χ3v) is 41.6. The lowest BCUT2D eigenvalue weighted by Crippen LogP contribution is -2.52. The summed E-state index contributed by atoms with van der Waals surface area (Å²) < 4.78 is 46.5. The van der Waals surface area contributed by atoms with E-state index in [0.29, 0.717) is 132 Å². The van der Waals surface area contributed by atoms with Crippen molar-refractivity contribution in [2.24, 2.45) is 193 Å². The van der Waals surface area contributed by atoms with Crippen molar-refractivity contribution in [2.75, 3.05) is 20.0 Å². The predicted octanol–water partition coefficient (Wildman–Crippen LogP) is 19.3. The van der Waals surface area contributed by atoms with Gasteiger partial charge in [-0.25, -0.2) is 4.85 Å². The Balaban J connectivity index is 0.000000111. The number of halogens is 3. The fraction of sp³-hybridized carbons (Fsp3) is 0.867. The smallest absolute Gasteiger partial charge is 0.224 e. The summed E-state index contributed by atoms with van der Waals surface area (Å²) >= 11 is 0. The number of tetrazole rings is 1. The summed E-state index contributed by atoms with van der Waals surface area (Å²) in [5.41, 5.74) is 0.410. The van der Waals surface area contributed by atoms with Crippen molar-refractivity contribution >= 4 is 28.8 Å². The van der Waals surface area contributed by atoms with Gasteiger partial charge in [0.15, 0.2) is 29.0 Å². The molecule has 0 amide bonds.